The Labute approximate surface area is 190 Å². The lowest BCUT2D eigenvalue weighted by molar-refractivity contribution is -0.122. The first-order chi connectivity index (χ1) is 15.6. The smallest absolute Gasteiger partial charge is 0.242 e. The Hall–Kier alpha value is -3.09. The molecular weight excluding hydrogens is 400 g/mol. The number of piperidine rings is 1. The van der Waals surface area contributed by atoms with E-state index in [9.17, 15) is 4.79 Å². The zero-order valence-electron chi connectivity index (χ0n) is 19.3. The Bertz CT molecular complexity index is 1050. The van der Waals surface area contributed by atoms with E-state index in [0.717, 1.165) is 61.3 Å². The summed E-state index contributed by atoms with van der Waals surface area (Å²) in [6, 6.07) is 10.2. The number of para-hydroxylation sites is 1. The molecule has 1 aromatic carbocycles. The number of anilines is 2. The van der Waals surface area contributed by atoms with Crippen LogP contribution in [-0.2, 0) is 4.79 Å². The number of benzene rings is 1. The third kappa shape index (κ3) is 4.87. The number of carbonyl (C=O) groups is 1. The summed E-state index contributed by atoms with van der Waals surface area (Å²) in [7, 11) is 0. The Balaban J connectivity index is 1.45. The summed E-state index contributed by atoms with van der Waals surface area (Å²) in [6.07, 6.45) is 7.22. The largest absolute Gasteiger partial charge is 0.373 e. The molecule has 2 aromatic heterocycles. The minimum Gasteiger partial charge on any atom is -0.373 e. The molecule has 3 heterocycles. The summed E-state index contributed by atoms with van der Waals surface area (Å²) in [5, 5.41) is 7.88. The maximum atomic E-state index is 13.3. The summed E-state index contributed by atoms with van der Waals surface area (Å²) in [6.45, 7) is 8.17. The zero-order valence-corrected chi connectivity index (χ0v) is 19.3. The monoisotopic (exact) mass is 434 g/mol. The highest BCUT2D eigenvalue weighted by Gasteiger charge is 2.27. The standard InChI is InChI=1S/C25H34N6O/c1-4-8-22(30-21-11-6-5-10-19(21)17(2)3)25(32)29-18-9-7-14-31(15-18)24-20-12-13-26-23(20)27-16-28-24/h5-6,10-13,16-18,22,30H,4,7-9,14-15H2,1-3H3,(H,29,32)(H,26,27,28)/t18-,22-/m1/s1. The summed E-state index contributed by atoms with van der Waals surface area (Å²) in [5.41, 5.74) is 3.14. The highest BCUT2D eigenvalue weighted by molar-refractivity contribution is 5.88. The number of hydrogen-bond acceptors (Lipinski definition) is 5. The normalized spacial score (nSPS) is 17.5. The maximum Gasteiger partial charge on any atom is 0.242 e. The molecule has 7 heteroatoms. The number of amides is 1. The number of nitrogens with one attached hydrogen (secondary N) is 3. The first-order valence-corrected chi connectivity index (χ1v) is 11.8. The van der Waals surface area contributed by atoms with E-state index in [4.69, 9.17) is 0 Å². The van der Waals surface area contributed by atoms with Crippen molar-refractivity contribution in [3.05, 3.63) is 48.4 Å². The van der Waals surface area contributed by atoms with Crippen molar-refractivity contribution >= 4 is 28.4 Å². The SMILES string of the molecule is CCC[C@@H](Nc1ccccc1C(C)C)C(=O)N[C@@H]1CCCN(c2ncnc3[nH]ccc23)C1. The third-order valence-electron chi connectivity index (χ3n) is 6.21. The van der Waals surface area contributed by atoms with Crippen LogP contribution in [-0.4, -0.2) is 46.0 Å². The molecule has 1 fully saturated rings. The molecule has 1 aliphatic rings. The molecule has 2 atom stereocenters. The van der Waals surface area contributed by atoms with E-state index in [0.29, 0.717) is 5.92 Å². The van der Waals surface area contributed by atoms with Crippen LogP contribution >= 0.6 is 0 Å². The third-order valence-corrected chi connectivity index (χ3v) is 6.21. The highest BCUT2D eigenvalue weighted by atomic mass is 16.2. The second kappa shape index (κ2) is 10.0. The number of rotatable bonds is 8. The van der Waals surface area contributed by atoms with Gasteiger partial charge in [-0.15, -0.1) is 0 Å². The predicted molar refractivity (Wildman–Crippen MR) is 130 cm³/mol. The summed E-state index contributed by atoms with van der Waals surface area (Å²) in [4.78, 5) is 27.5. The molecule has 0 saturated carbocycles. The molecule has 170 valence electrons. The molecule has 3 aromatic rings. The molecule has 3 N–H and O–H groups in total. The lowest BCUT2D eigenvalue weighted by atomic mass is 10.00. The van der Waals surface area contributed by atoms with Crippen molar-refractivity contribution in [2.75, 3.05) is 23.3 Å². The number of aromatic amines is 1. The Kier molecular flexibility index (Phi) is 6.93. The van der Waals surface area contributed by atoms with Gasteiger partial charge in [0.25, 0.3) is 0 Å². The fourth-order valence-corrected chi connectivity index (χ4v) is 4.58. The average molecular weight is 435 g/mol. The minimum atomic E-state index is -0.245. The number of fused-ring (bicyclic) bond motifs is 1. The Morgan fingerprint density at radius 1 is 1.25 bits per heavy atom. The fraction of sp³-hybridized carbons (Fsp3) is 0.480. The van der Waals surface area contributed by atoms with Gasteiger partial charge in [0.05, 0.1) is 5.39 Å². The lowest BCUT2D eigenvalue weighted by Crippen LogP contribution is -2.51. The summed E-state index contributed by atoms with van der Waals surface area (Å²) >= 11 is 0. The van der Waals surface area contributed by atoms with Gasteiger partial charge in [-0.1, -0.05) is 45.4 Å². The van der Waals surface area contributed by atoms with Crippen LogP contribution in [0.5, 0.6) is 0 Å². The van der Waals surface area contributed by atoms with E-state index in [2.05, 4.69) is 69.5 Å². The van der Waals surface area contributed by atoms with Crippen molar-refractivity contribution in [1.29, 1.82) is 0 Å². The van der Waals surface area contributed by atoms with Crippen molar-refractivity contribution in [1.82, 2.24) is 20.3 Å². The van der Waals surface area contributed by atoms with Crippen molar-refractivity contribution in [3.63, 3.8) is 0 Å². The van der Waals surface area contributed by atoms with Gasteiger partial charge in [0.1, 0.15) is 23.8 Å². The van der Waals surface area contributed by atoms with E-state index < -0.39 is 0 Å². The Morgan fingerprint density at radius 2 is 2.09 bits per heavy atom. The molecule has 1 amide bonds. The number of H-pyrrole nitrogens is 1. The molecule has 0 radical (unpaired) electrons. The van der Waals surface area contributed by atoms with E-state index in [1.807, 2.05) is 18.3 Å². The molecular formula is C25H34N6O. The molecule has 0 spiro atoms. The quantitative estimate of drug-likeness (QED) is 0.488. The van der Waals surface area contributed by atoms with E-state index in [1.54, 1.807) is 6.33 Å². The highest BCUT2D eigenvalue weighted by Crippen LogP contribution is 2.26. The van der Waals surface area contributed by atoms with Crippen LogP contribution in [0, 0.1) is 0 Å². The van der Waals surface area contributed by atoms with Gasteiger partial charge in [-0.05, 0) is 42.9 Å². The molecule has 0 aliphatic carbocycles. The van der Waals surface area contributed by atoms with Gasteiger partial charge in [-0.2, -0.15) is 0 Å². The Morgan fingerprint density at radius 3 is 2.91 bits per heavy atom. The maximum absolute atomic E-state index is 13.3. The van der Waals surface area contributed by atoms with Gasteiger partial charge < -0.3 is 20.5 Å². The van der Waals surface area contributed by atoms with Crippen molar-refractivity contribution in [2.24, 2.45) is 0 Å². The molecule has 4 rings (SSSR count). The van der Waals surface area contributed by atoms with Crippen molar-refractivity contribution in [3.8, 4) is 0 Å². The minimum absolute atomic E-state index is 0.0757. The molecule has 0 unspecified atom stereocenters. The van der Waals surface area contributed by atoms with E-state index >= 15 is 0 Å². The summed E-state index contributed by atoms with van der Waals surface area (Å²) in [5.74, 6) is 1.41. The first kappa shape index (κ1) is 22.1. The topological polar surface area (TPSA) is 85.9 Å². The molecule has 1 saturated heterocycles. The van der Waals surface area contributed by atoms with E-state index in [1.165, 1.54) is 5.56 Å². The second-order valence-electron chi connectivity index (χ2n) is 8.96. The molecule has 7 nitrogen and oxygen atoms in total. The molecule has 1 aliphatic heterocycles. The van der Waals surface area contributed by atoms with Gasteiger partial charge in [0.15, 0.2) is 0 Å². The van der Waals surface area contributed by atoms with Crippen LogP contribution in [0.3, 0.4) is 0 Å². The number of carbonyl (C=O) groups excluding carboxylic acids is 1. The van der Waals surface area contributed by atoms with E-state index in [-0.39, 0.29) is 18.0 Å². The van der Waals surface area contributed by atoms with Crippen LogP contribution in [0.15, 0.2) is 42.9 Å². The fourth-order valence-electron chi connectivity index (χ4n) is 4.58. The first-order valence-electron chi connectivity index (χ1n) is 11.8. The zero-order chi connectivity index (χ0) is 22.5. The average Bonchev–Trinajstić information content (AvgIpc) is 3.28. The molecule has 0 bridgehead atoms. The number of hydrogen-bond donors (Lipinski definition) is 3. The summed E-state index contributed by atoms with van der Waals surface area (Å²) < 4.78 is 0. The van der Waals surface area contributed by atoms with Gasteiger partial charge in [-0.3, -0.25) is 4.79 Å². The van der Waals surface area contributed by atoms with Crippen LogP contribution < -0.4 is 15.5 Å². The van der Waals surface area contributed by atoms with Gasteiger partial charge in [0, 0.05) is 31.0 Å². The van der Waals surface area contributed by atoms with Gasteiger partial charge in [-0.25, -0.2) is 9.97 Å². The van der Waals surface area contributed by atoms with Crippen molar-refractivity contribution < 1.29 is 4.79 Å². The number of aromatic nitrogens is 3. The molecule has 32 heavy (non-hydrogen) atoms. The van der Waals surface area contributed by atoms with Crippen LogP contribution in [0.1, 0.15) is 57.9 Å². The van der Waals surface area contributed by atoms with Crippen LogP contribution in [0.25, 0.3) is 11.0 Å². The van der Waals surface area contributed by atoms with Crippen molar-refractivity contribution in [2.45, 2.75) is 64.5 Å². The van der Waals surface area contributed by atoms with Crippen LogP contribution in [0.2, 0.25) is 0 Å². The number of nitrogens with zero attached hydrogens (tertiary/aromatic N) is 3. The predicted octanol–water partition coefficient (Wildman–Crippen LogP) is 4.45. The lowest BCUT2D eigenvalue weighted by Gasteiger charge is -2.35. The van der Waals surface area contributed by atoms with Gasteiger partial charge >= 0.3 is 0 Å². The van der Waals surface area contributed by atoms with Gasteiger partial charge in [0.2, 0.25) is 5.91 Å². The van der Waals surface area contributed by atoms with Crippen LogP contribution in [0.4, 0.5) is 11.5 Å². The second-order valence-corrected chi connectivity index (χ2v) is 8.96.